The van der Waals surface area contributed by atoms with Crippen LogP contribution >= 0.6 is 11.8 Å². The number of thioether (sulfide) groups is 1. The minimum Gasteiger partial charge on any atom is -0.360 e. The lowest BCUT2D eigenvalue weighted by atomic mass is 10.4. The molecule has 24 heavy (non-hydrogen) atoms. The first-order chi connectivity index (χ1) is 11.2. The Morgan fingerprint density at radius 1 is 1.38 bits per heavy atom. The second-order valence-corrected chi connectivity index (χ2v) is 8.70. The summed E-state index contributed by atoms with van der Waals surface area (Å²) in [6.45, 7) is 3.45. The zero-order chi connectivity index (χ0) is 17.9. The van der Waals surface area contributed by atoms with Crippen LogP contribution in [0.3, 0.4) is 0 Å². The van der Waals surface area contributed by atoms with Crippen molar-refractivity contribution in [2.24, 2.45) is 0 Å². The molecule has 2 aromatic heterocycles. The molecule has 0 aliphatic heterocycles. The highest BCUT2D eigenvalue weighted by molar-refractivity contribution is 8.00. The zero-order valence-electron chi connectivity index (χ0n) is 13.7. The fourth-order valence-corrected chi connectivity index (χ4v) is 3.32. The fourth-order valence-electron chi connectivity index (χ4n) is 1.69. The minimum absolute atomic E-state index is 0.104. The molecule has 1 amide bonds. The number of hydrogen-bond donors (Lipinski definition) is 1. The number of amides is 1. The Morgan fingerprint density at radius 2 is 2.08 bits per heavy atom. The molecule has 0 aliphatic carbocycles. The molecule has 0 saturated carbocycles. The number of hydrogen-bond acceptors (Lipinski definition) is 7. The summed E-state index contributed by atoms with van der Waals surface area (Å²) in [4.78, 5) is 16.3. The van der Waals surface area contributed by atoms with Crippen LogP contribution in [0.25, 0.3) is 0 Å². The summed E-state index contributed by atoms with van der Waals surface area (Å²) in [5, 5.41) is 6.44. The first-order valence-corrected chi connectivity index (χ1v) is 9.31. The van der Waals surface area contributed by atoms with Crippen LogP contribution in [0.1, 0.15) is 12.7 Å². The van der Waals surface area contributed by atoms with E-state index in [2.05, 4.69) is 15.5 Å². The third kappa shape index (κ3) is 4.34. The summed E-state index contributed by atoms with van der Waals surface area (Å²) in [5.74, 6) is 0.704. The van der Waals surface area contributed by atoms with Crippen molar-refractivity contribution in [2.75, 3.05) is 19.4 Å². The standard InChI is InChI=1S/C14H18N4O4S2/c1-9-7-12(17-22-9)16-14(19)10(2)23-13-6-5-11(8-15-13)24(20,21)18(3)4/h5-8,10H,1-4H3,(H,16,17,19)/t10-/m0/s1. The van der Waals surface area contributed by atoms with Crippen molar-refractivity contribution >= 4 is 33.5 Å². The van der Waals surface area contributed by atoms with Gasteiger partial charge in [-0.05, 0) is 26.0 Å². The molecule has 0 bridgehead atoms. The number of carbonyl (C=O) groups is 1. The smallest absolute Gasteiger partial charge is 0.244 e. The molecule has 0 aliphatic rings. The van der Waals surface area contributed by atoms with Crippen LogP contribution in [0.2, 0.25) is 0 Å². The number of nitrogens with zero attached hydrogens (tertiary/aromatic N) is 3. The number of nitrogens with one attached hydrogen (secondary N) is 1. The van der Waals surface area contributed by atoms with Gasteiger partial charge in [-0.25, -0.2) is 17.7 Å². The Bertz CT molecular complexity index is 816. The second-order valence-electron chi connectivity index (χ2n) is 5.19. The van der Waals surface area contributed by atoms with E-state index in [0.29, 0.717) is 16.6 Å². The molecule has 1 N–H and O–H groups in total. The average molecular weight is 370 g/mol. The second kappa shape index (κ2) is 7.32. The lowest BCUT2D eigenvalue weighted by Gasteiger charge is -2.12. The van der Waals surface area contributed by atoms with Crippen molar-refractivity contribution < 1.29 is 17.7 Å². The molecule has 0 spiro atoms. The molecule has 2 heterocycles. The number of carbonyl (C=O) groups excluding carboxylic acids is 1. The Labute approximate surface area is 144 Å². The Balaban J connectivity index is 2.01. The molecule has 0 fully saturated rings. The maximum atomic E-state index is 12.1. The van der Waals surface area contributed by atoms with Gasteiger partial charge in [-0.3, -0.25) is 4.79 Å². The van der Waals surface area contributed by atoms with Crippen LogP contribution in [0.4, 0.5) is 5.82 Å². The van der Waals surface area contributed by atoms with Gasteiger partial charge in [-0.1, -0.05) is 16.9 Å². The Hall–Kier alpha value is -1.91. The summed E-state index contributed by atoms with van der Waals surface area (Å²) in [6, 6.07) is 4.66. The number of aromatic nitrogens is 2. The van der Waals surface area contributed by atoms with E-state index in [9.17, 15) is 13.2 Å². The number of anilines is 1. The van der Waals surface area contributed by atoms with Gasteiger partial charge < -0.3 is 9.84 Å². The molecule has 8 nitrogen and oxygen atoms in total. The molecule has 1 atom stereocenters. The SMILES string of the molecule is Cc1cc(NC(=O)[C@H](C)Sc2ccc(S(=O)(=O)N(C)C)cn2)no1. The van der Waals surface area contributed by atoms with Gasteiger partial charge in [0.1, 0.15) is 10.7 Å². The first kappa shape index (κ1) is 18.4. The zero-order valence-corrected chi connectivity index (χ0v) is 15.3. The first-order valence-electron chi connectivity index (χ1n) is 6.99. The number of aryl methyl sites for hydroxylation is 1. The molecular weight excluding hydrogens is 352 g/mol. The average Bonchev–Trinajstić information content (AvgIpc) is 2.92. The molecular formula is C14H18N4O4S2. The van der Waals surface area contributed by atoms with Crippen LogP contribution < -0.4 is 5.32 Å². The summed E-state index contributed by atoms with van der Waals surface area (Å²) >= 11 is 1.22. The summed E-state index contributed by atoms with van der Waals surface area (Å²) in [6.07, 6.45) is 1.28. The molecule has 2 rings (SSSR count). The van der Waals surface area contributed by atoms with Gasteiger partial charge in [-0.2, -0.15) is 0 Å². The van der Waals surface area contributed by atoms with Crippen molar-refractivity contribution in [3.05, 3.63) is 30.2 Å². The van der Waals surface area contributed by atoms with Crippen molar-refractivity contribution in [1.82, 2.24) is 14.4 Å². The molecule has 0 saturated heterocycles. The van der Waals surface area contributed by atoms with Gasteiger partial charge in [0.25, 0.3) is 0 Å². The highest BCUT2D eigenvalue weighted by Crippen LogP contribution is 2.23. The third-order valence-corrected chi connectivity index (χ3v) is 5.88. The monoisotopic (exact) mass is 370 g/mol. The molecule has 0 unspecified atom stereocenters. The Morgan fingerprint density at radius 3 is 2.58 bits per heavy atom. The van der Waals surface area contributed by atoms with Gasteiger partial charge in [0.05, 0.1) is 10.3 Å². The summed E-state index contributed by atoms with van der Waals surface area (Å²) in [7, 11) is -0.604. The number of rotatable bonds is 6. The van der Waals surface area contributed by atoms with Crippen molar-refractivity contribution in [2.45, 2.75) is 29.0 Å². The van der Waals surface area contributed by atoms with E-state index in [1.165, 1.54) is 38.1 Å². The predicted octanol–water partition coefficient (Wildman–Crippen LogP) is 1.75. The maximum absolute atomic E-state index is 12.1. The van der Waals surface area contributed by atoms with E-state index < -0.39 is 15.3 Å². The molecule has 10 heteroatoms. The van der Waals surface area contributed by atoms with Gasteiger partial charge in [0.15, 0.2) is 5.82 Å². The fraction of sp³-hybridized carbons (Fsp3) is 0.357. The maximum Gasteiger partial charge on any atom is 0.244 e. The van der Waals surface area contributed by atoms with E-state index in [1.54, 1.807) is 26.0 Å². The van der Waals surface area contributed by atoms with Crippen LogP contribution in [-0.4, -0.2) is 48.1 Å². The highest BCUT2D eigenvalue weighted by Gasteiger charge is 2.19. The van der Waals surface area contributed by atoms with E-state index in [0.717, 1.165) is 4.31 Å². The van der Waals surface area contributed by atoms with Crippen molar-refractivity contribution in [3.8, 4) is 0 Å². The van der Waals surface area contributed by atoms with Gasteiger partial charge >= 0.3 is 0 Å². The minimum atomic E-state index is -3.51. The third-order valence-electron chi connectivity index (χ3n) is 3.03. The lowest BCUT2D eigenvalue weighted by molar-refractivity contribution is -0.115. The molecule has 2 aromatic rings. The summed E-state index contributed by atoms with van der Waals surface area (Å²) < 4.78 is 30.0. The van der Waals surface area contributed by atoms with Crippen LogP contribution in [-0.2, 0) is 14.8 Å². The van der Waals surface area contributed by atoms with Crippen LogP contribution in [0, 0.1) is 6.92 Å². The normalized spacial score (nSPS) is 13.0. The van der Waals surface area contributed by atoms with Crippen molar-refractivity contribution in [1.29, 1.82) is 0 Å². The predicted molar refractivity (Wildman–Crippen MR) is 90.3 cm³/mol. The quantitative estimate of drug-likeness (QED) is 0.772. The van der Waals surface area contributed by atoms with Gasteiger partial charge in [-0.15, -0.1) is 0 Å². The van der Waals surface area contributed by atoms with Crippen molar-refractivity contribution in [3.63, 3.8) is 0 Å². The molecule has 0 aromatic carbocycles. The van der Waals surface area contributed by atoms with E-state index >= 15 is 0 Å². The van der Waals surface area contributed by atoms with Gasteiger partial charge in [0, 0.05) is 26.4 Å². The number of sulfonamides is 1. The van der Waals surface area contributed by atoms with Crippen LogP contribution in [0.5, 0.6) is 0 Å². The van der Waals surface area contributed by atoms with E-state index in [4.69, 9.17) is 4.52 Å². The van der Waals surface area contributed by atoms with Gasteiger partial charge in [0.2, 0.25) is 15.9 Å². The van der Waals surface area contributed by atoms with Crippen LogP contribution in [0.15, 0.2) is 38.8 Å². The Kier molecular flexibility index (Phi) is 5.62. The van der Waals surface area contributed by atoms with E-state index in [1.807, 2.05) is 0 Å². The largest absolute Gasteiger partial charge is 0.360 e. The molecule has 0 radical (unpaired) electrons. The number of pyridine rings is 1. The lowest BCUT2D eigenvalue weighted by Crippen LogP contribution is -2.23. The highest BCUT2D eigenvalue weighted by atomic mass is 32.2. The summed E-state index contributed by atoms with van der Waals surface area (Å²) in [5.41, 5.74) is 0. The topological polar surface area (TPSA) is 105 Å². The molecule has 130 valence electrons. The van der Waals surface area contributed by atoms with E-state index in [-0.39, 0.29) is 10.8 Å².